The van der Waals surface area contributed by atoms with Gasteiger partial charge in [0.2, 0.25) is 5.36 Å². The summed E-state index contributed by atoms with van der Waals surface area (Å²) >= 11 is 0. The van der Waals surface area contributed by atoms with Gasteiger partial charge in [-0.2, -0.15) is 0 Å². The van der Waals surface area contributed by atoms with Crippen LogP contribution >= 0.6 is 0 Å². The number of nitrogens with zero attached hydrogens (tertiary/aromatic N) is 4. The first-order valence-corrected chi connectivity index (χ1v) is 32.8. The third kappa shape index (κ3) is 11.1. The first-order valence-electron chi connectivity index (χ1n) is 32.8. The van der Waals surface area contributed by atoms with E-state index in [4.69, 9.17) is 18.6 Å². The Bertz CT molecular complexity index is 4320. The zero-order valence-electron chi connectivity index (χ0n) is 53.3. The van der Waals surface area contributed by atoms with Crippen molar-refractivity contribution < 1.29 is 42.6 Å². The molecule has 462 valence electrons. The summed E-state index contributed by atoms with van der Waals surface area (Å²) in [5.41, 5.74) is 6.67. The third-order valence-electron chi connectivity index (χ3n) is 19.1. The number of hydrogen-bond acceptors (Lipinski definition) is 10. The molecule has 8 aromatic rings. The van der Waals surface area contributed by atoms with Crippen LogP contribution in [-0.4, -0.2) is 91.9 Å². The van der Waals surface area contributed by atoms with Crippen molar-refractivity contribution in [3.05, 3.63) is 166 Å². The van der Waals surface area contributed by atoms with Crippen LogP contribution in [0.3, 0.4) is 0 Å². The molecule has 4 amide bonds. The van der Waals surface area contributed by atoms with Crippen molar-refractivity contribution in [3.8, 4) is 33.9 Å². The molecule has 1 aliphatic carbocycles. The van der Waals surface area contributed by atoms with Gasteiger partial charge in [-0.15, -0.1) is 0 Å². The predicted octanol–water partition coefficient (Wildman–Crippen LogP) is 16.4. The SMILES string of the molecule is CCCCC(CC)COc1cc(CN2C(=O)c3ccc4c5ccc6c7c(ccc(c8ccc(c3c48)C2=O)c75)C(=O)N(CCOC(=O)c2ccccc2-c2c3ccc(=[N+](CC)CC)cc-3oc3cc(N(CC)CC)ccc23)C6=O)cc(OCC(CC)CCCC)c1. The Balaban J connectivity index is 0.817. The Morgan fingerprint density at radius 1 is 0.533 bits per heavy atom. The Hall–Kier alpha value is -9.10. The van der Waals surface area contributed by atoms with E-state index in [1.165, 1.54) is 4.90 Å². The van der Waals surface area contributed by atoms with Crippen LogP contribution in [0.1, 0.15) is 164 Å². The van der Waals surface area contributed by atoms with E-state index in [1.807, 2.05) is 54.6 Å². The number of carbonyl (C=O) groups excluding carboxylic acids is 5. The highest BCUT2D eigenvalue weighted by Gasteiger charge is 2.38. The number of fused-ring (bicyclic) bond motifs is 4. The lowest BCUT2D eigenvalue weighted by Gasteiger charge is -2.30. The van der Waals surface area contributed by atoms with E-state index in [1.54, 1.807) is 36.4 Å². The number of ether oxygens (including phenoxy) is 3. The average Bonchev–Trinajstić information content (AvgIpc) is 0.695. The molecule has 12 rings (SSSR count). The van der Waals surface area contributed by atoms with Crippen molar-refractivity contribution >= 4 is 89.3 Å². The first kappa shape index (κ1) is 61.2. The Kier molecular flexibility index (Phi) is 17.8. The molecule has 0 saturated carbocycles. The quantitative estimate of drug-likeness (QED) is 0.0169. The van der Waals surface area contributed by atoms with Gasteiger partial charge in [0, 0.05) is 86.5 Å². The molecule has 13 nitrogen and oxygen atoms in total. The molecule has 0 radical (unpaired) electrons. The van der Waals surface area contributed by atoms with Crippen LogP contribution in [0.25, 0.3) is 76.5 Å². The number of unbranched alkanes of at least 4 members (excludes halogenated alkanes) is 2. The summed E-state index contributed by atoms with van der Waals surface area (Å²) in [6.07, 6.45) is 8.70. The van der Waals surface area contributed by atoms with Gasteiger partial charge in [-0.05, 0) is 156 Å². The number of anilines is 1. The average molecular weight is 1210 g/mol. The van der Waals surface area contributed by atoms with Crippen LogP contribution < -0.4 is 24.3 Å². The van der Waals surface area contributed by atoms with Crippen molar-refractivity contribution in [1.29, 1.82) is 0 Å². The Morgan fingerprint density at radius 2 is 1.04 bits per heavy atom. The number of carbonyl (C=O) groups is 5. The number of hydrogen-bond donors (Lipinski definition) is 0. The van der Waals surface area contributed by atoms with Crippen LogP contribution in [0.2, 0.25) is 0 Å². The van der Waals surface area contributed by atoms with Crippen LogP contribution in [0, 0.1) is 11.8 Å². The highest BCUT2D eigenvalue weighted by molar-refractivity contribution is 6.41. The molecule has 0 N–H and O–H groups in total. The van der Waals surface area contributed by atoms with E-state index in [0.29, 0.717) is 92.0 Å². The summed E-state index contributed by atoms with van der Waals surface area (Å²) in [4.78, 5) is 78.3. The maximum Gasteiger partial charge on any atom is 0.338 e. The fraction of sp³-hybridized carbons (Fsp3) is 0.351. The summed E-state index contributed by atoms with van der Waals surface area (Å²) in [5.74, 6) is 0.432. The Labute approximate surface area is 526 Å². The van der Waals surface area contributed by atoms with Gasteiger partial charge in [-0.3, -0.25) is 29.0 Å². The molecular weight excluding hydrogens is 1120 g/mol. The topological polar surface area (TPSA) is 139 Å². The molecule has 0 spiro atoms. The minimum Gasteiger partial charge on any atom is -0.493 e. The lowest BCUT2D eigenvalue weighted by molar-refractivity contribution is 0.0405. The van der Waals surface area contributed by atoms with Crippen molar-refractivity contribution in [2.24, 2.45) is 11.8 Å². The van der Waals surface area contributed by atoms with Crippen LogP contribution in [0.5, 0.6) is 11.5 Å². The fourth-order valence-corrected chi connectivity index (χ4v) is 13.9. The van der Waals surface area contributed by atoms with Crippen LogP contribution in [0.4, 0.5) is 5.69 Å². The van der Waals surface area contributed by atoms with Gasteiger partial charge in [0.1, 0.15) is 42.5 Å². The Morgan fingerprint density at radius 3 is 1.56 bits per heavy atom. The van der Waals surface area contributed by atoms with Crippen molar-refractivity contribution in [3.63, 3.8) is 0 Å². The van der Waals surface area contributed by atoms with Crippen molar-refractivity contribution in [2.45, 2.75) is 113 Å². The van der Waals surface area contributed by atoms with E-state index >= 15 is 0 Å². The zero-order valence-corrected chi connectivity index (χ0v) is 53.3. The summed E-state index contributed by atoms with van der Waals surface area (Å²) in [7, 11) is 0. The molecule has 0 aromatic heterocycles. The van der Waals surface area contributed by atoms with Gasteiger partial charge in [0.25, 0.3) is 23.6 Å². The summed E-state index contributed by atoms with van der Waals surface area (Å²) in [6.45, 7) is 21.4. The van der Waals surface area contributed by atoms with Gasteiger partial charge in [0.15, 0.2) is 0 Å². The van der Waals surface area contributed by atoms with E-state index in [9.17, 15) is 24.0 Å². The second-order valence-corrected chi connectivity index (χ2v) is 24.2. The van der Waals surface area contributed by atoms with E-state index in [0.717, 1.165) is 148 Å². The molecule has 3 aliphatic heterocycles. The summed E-state index contributed by atoms with van der Waals surface area (Å²) in [5, 5.41) is 7.68. The molecule has 0 saturated heterocycles. The van der Waals surface area contributed by atoms with E-state index in [2.05, 4.69) is 101 Å². The van der Waals surface area contributed by atoms with E-state index < -0.39 is 29.6 Å². The molecule has 13 heteroatoms. The summed E-state index contributed by atoms with van der Waals surface area (Å²) < 4.78 is 28.0. The van der Waals surface area contributed by atoms with E-state index in [-0.39, 0.29) is 19.7 Å². The highest BCUT2D eigenvalue weighted by atomic mass is 16.5. The van der Waals surface area contributed by atoms with Crippen molar-refractivity contribution in [1.82, 2.24) is 14.4 Å². The van der Waals surface area contributed by atoms with Gasteiger partial charge in [-0.1, -0.05) is 109 Å². The minimum absolute atomic E-state index is 0.0242. The van der Waals surface area contributed by atoms with Gasteiger partial charge < -0.3 is 23.5 Å². The number of imide groups is 2. The zero-order chi connectivity index (χ0) is 62.9. The largest absolute Gasteiger partial charge is 0.493 e. The second kappa shape index (κ2) is 26.2. The highest BCUT2D eigenvalue weighted by Crippen LogP contribution is 2.47. The predicted molar refractivity (Wildman–Crippen MR) is 360 cm³/mol. The van der Waals surface area contributed by atoms with Crippen LogP contribution in [-0.2, 0) is 11.3 Å². The molecule has 90 heavy (non-hydrogen) atoms. The fourth-order valence-electron chi connectivity index (χ4n) is 13.9. The maximum atomic E-state index is 14.9. The molecule has 3 heterocycles. The number of benzene rings is 9. The molecular formula is C77H81N4O9+. The molecule has 2 unspecified atom stereocenters. The molecule has 0 fully saturated rings. The lowest BCUT2D eigenvalue weighted by atomic mass is 9.82. The number of esters is 1. The first-order chi connectivity index (χ1) is 43.9. The number of rotatable bonds is 26. The minimum atomic E-state index is -0.593. The summed E-state index contributed by atoms with van der Waals surface area (Å²) in [6, 6.07) is 40.3. The van der Waals surface area contributed by atoms with Crippen LogP contribution in [0.15, 0.2) is 132 Å². The standard InChI is InChI=1S/C77H81N4O9/c1-9-17-21-47(11-3)45-88-52-39-49(40-53(43-52)89-46-48(12-4)22-18-10-2)44-81-75(84)64-35-31-57-55-29-33-62-71-63(34-30-56(69(55)71)58-32-36-65(76(81)85)72(64)70(57)58)74(83)80(73(62)82)37-38-87-77(86)59-24-20-19-23-54(59)68-60-27-25-50(78(13-5)14-6)41-66(60)90-67-42-51(26-28-61(67)68)79(15-7)16-8/h19-20,23-36,39-43,47-48H,9-18,21-22,37-38,44-46H2,1-8H3/q+1. The van der Waals surface area contributed by atoms with Gasteiger partial charge in [0.05, 0.1) is 37.9 Å². The second-order valence-electron chi connectivity index (χ2n) is 24.2. The van der Waals surface area contributed by atoms with Gasteiger partial charge >= 0.3 is 5.97 Å². The smallest absolute Gasteiger partial charge is 0.338 e. The third-order valence-corrected chi connectivity index (χ3v) is 19.1. The lowest BCUT2D eigenvalue weighted by Crippen LogP contribution is -2.42. The molecule has 4 aliphatic rings. The van der Waals surface area contributed by atoms with Gasteiger partial charge in [-0.25, -0.2) is 9.37 Å². The molecule has 8 aromatic carbocycles. The maximum absolute atomic E-state index is 14.9. The van der Waals surface area contributed by atoms with Crippen molar-refractivity contribution in [2.75, 3.05) is 57.4 Å². The monoisotopic (exact) mass is 1210 g/mol. The number of amides is 4. The molecule has 2 atom stereocenters. The normalized spacial score (nSPS) is 13.9. The molecule has 0 bridgehead atoms.